The van der Waals surface area contributed by atoms with Crippen LogP contribution in [0.5, 0.6) is 0 Å². The van der Waals surface area contributed by atoms with Gasteiger partial charge in [-0.2, -0.15) is 9.97 Å². The van der Waals surface area contributed by atoms with Crippen LogP contribution >= 0.6 is 0 Å². The van der Waals surface area contributed by atoms with Gasteiger partial charge in [0.25, 0.3) is 0 Å². The van der Waals surface area contributed by atoms with Gasteiger partial charge in [0.05, 0.1) is 11.0 Å². The first-order valence-electron chi connectivity index (χ1n) is 8.42. The Kier molecular flexibility index (Phi) is 2.10. The lowest BCUT2D eigenvalue weighted by atomic mass is 10.4. The molecule has 0 aliphatic carbocycles. The Balaban J connectivity index is 1.95. The van der Waals surface area contributed by atoms with Crippen LogP contribution in [0.25, 0.3) is 50.8 Å². The lowest BCUT2D eigenvalue weighted by Crippen LogP contribution is -2.04. The summed E-state index contributed by atoms with van der Waals surface area (Å²) < 4.78 is 5.91. The minimum absolute atomic E-state index is 0.643. The zero-order valence-electron chi connectivity index (χ0n) is 13.7. The number of hydrogen-bond donors (Lipinski definition) is 0. The van der Waals surface area contributed by atoms with E-state index in [0.29, 0.717) is 28.6 Å². The van der Waals surface area contributed by atoms with Crippen molar-refractivity contribution < 1.29 is 0 Å². The number of aromatic nitrogens is 9. The standard InChI is InChI=1S/C18H9N9/c1-4-10-15(21-9-1)27-16(22-10)25-11-5-2-7-19-13(11)23-17(25)26-12-6-3-8-20-14(12)24-18(26)27/h1-9H. The second-order valence-corrected chi connectivity index (χ2v) is 6.28. The molecule has 0 atom stereocenters. The molecule has 0 saturated heterocycles. The quantitative estimate of drug-likeness (QED) is 0.416. The van der Waals surface area contributed by atoms with Gasteiger partial charge in [0.1, 0.15) is 5.52 Å². The van der Waals surface area contributed by atoms with Crippen molar-refractivity contribution in [1.29, 1.82) is 0 Å². The monoisotopic (exact) mass is 351 g/mol. The van der Waals surface area contributed by atoms with Gasteiger partial charge >= 0.3 is 0 Å². The van der Waals surface area contributed by atoms with E-state index in [1.54, 1.807) is 18.6 Å². The number of hydrogen-bond acceptors (Lipinski definition) is 6. The smallest absolute Gasteiger partial charge is 0.228 e. The van der Waals surface area contributed by atoms with Crippen molar-refractivity contribution in [1.82, 2.24) is 43.1 Å². The Morgan fingerprint density at radius 1 is 0.556 bits per heavy atom. The molecule has 7 heterocycles. The third kappa shape index (κ3) is 1.46. The van der Waals surface area contributed by atoms with Crippen molar-refractivity contribution in [2.45, 2.75) is 0 Å². The predicted octanol–water partition coefficient (Wildman–Crippen LogP) is 2.27. The molecule has 0 aliphatic heterocycles. The summed E-state index contributed by atoms with van der Waals surface area (Å²) in [5.74, 6) is 2.05. The van der Waals surface area contributed by atoms with E-state index < -0.39 is 0 Å². The van der Waals surface area contributed by atoms with Crippen LogP contribution in [0.3, 0.4) is 0 Å². The van der Waals surface area contributed by atoms with Gasteiger partial charge in [-0.3, -0.25) is 0 Å². The summed E-state index contributed by atoms with van der Waals surface area (Å²) in [6.07, 6.45) is 5.23. The van der Waals surface area contributed by atoms with Crippen molar-refractivity contribution in [3.05, 3.63) is 55.0 Å². The van der Waals surface area contributed by atoms with Crippen molar-refractivity contribution in [3.8, 4) is 0 Å². The Bertz CT molecular complexity index is 1450. The second-order valence-electron chi connectivity index (χ2n) is 6.28. The molecular formula is C18H9N9. The van der Waals surface area contributed by atoms with Crippen molar-refractivity contribution in [3.63, 3.8) is 0 Å². The molecule has 0 radical (unpaired) electrons. The van der Waals surface area contributed by atoms with Gasteiger partial charge in [-0.05, 0) is 36.4 Å². The maximum Gasteiger partial charge on any atom is 0.228 e. The molecule has 0 fully saturated rings. The molecule has 27 heavy (non-hydrogen) atoms. The molecule has 0 aromatic carbocycles. The van der Waals surface area contributed by atoms with Crippen LogP contribution in [0.15, 0.2) is 55.0 Å². The second kappa shape index (κ2) is 4.33. The molecule has 9 heteroatoms. The molecule has 0 unspecified atom stereocenters. The fourth-order valence-electron chi connectivity index (χ4n) is 3.73. The summed E-state index contributed by atoms with van der Waals surface area (Å²) in [5.41, 5.74) is 4.56. The van der Waals surface area contributed by atoms with Crippen LogP contribution in [0, 0.1) is 0 Å². The summed E-state index contributed by atoms with van der Waals surface area (Å²) in [7, 11) is 0. The highest BCUT2D eigenvalue weighted by Gasteiger charge is 2.21. The highest BCUT2D eigenvalue weighted by atomic mass is 15.3. The van der Waals surface area contributed by atoms with Gasteiger partial charge in [0.15, 0.2) is 16.9 Å². The fraction of sp³-hybridized carbons (Fsp3) is 0. The minimum atomic E-state index is 0.643. The molecule has 9 nitrogen and oxygen atoms in total. The molecule has 7 aromatic rings. The molecule has 0 spiro atoms. The summed E-state index contributed by atoms with van der Waals surface area (Å²) in [6, 6.07) is 11.6. The van der Waals surface area contributed by atoms with Crippen molar-refractivity contribution in [2.24, 2.45) is 0 Å². The Morgan fingerprint density at radius 2 is 1.11 bits per heavy atom. The third-order valence-electron chi connectivity index (χ3n) is 4.82. The number of fused-ring (bicyclic) bond motifs is 12. The van der Waals surface area contributed by atoms with E-state index in [9.17, 15) is 0 Å². The van der Waals surface area contributed by atoms with E-state index in [4.69, 9.17) is 15.0 Å². The molecular weight excluding hydrogens is 342 g/mol. The topological polar surface area (TPSA) is 90.6 Å². The number of rotatable bonds is 0. The van der Waals surface area contributed by atoms with E-state index in [1.807, 2.05) is 49.6 Å². The lowest BCUT2D eigenvalue weighted by Gasteiger charge is -2.04. The Morgan fingerprint density at radius 3 is 1.81 bits per heavy atom. The van der Waals surface area contributed by atoms with Gasteiger partial charge in [-0.25, -0.2) is 33.1 Å². The molecule has 0 N–H and O–H groups in total. The van der Waals surface area contributed by atoms with E-state index in [2.05, 4.69) is 15.0 Å². The third-order valence-corrected chi connectivity index (χ3v) is 4.82. The van der Waals surface area contributed by atoms with Gasteiger partial charge < -0.3 is 0 Å². The average molecular weight is 351 g/mol. The van der Waals surface area contributed by atoms with Crippen LogP contribution in [0.1, 0.15) is 0 Å². The van der Waals surface area contributed by atoms with Crippen molar-refractivity contribution in [2.75, 3.05) is 0 Å². The molecule has 126 valence electrons. The van der Waals surface area contributed by atoms with Gasteiger partial charge in [-0.15, -0.1) is 0 Å². The maximum absolute atomic E-state index is 4.81. The highest BCUT2D eigenvalue weighted by Crippen LogP contribution is 2.26. The van der Waals surface area contributed by atoms with Gasteiger partial charge in [-0.1, -0.05) is 0 Å². The summed E-state index contributed by atoms with van der Waals surface area (Å²) >= 11 is 0. The van der Waals surface area contributed by atoms with Crippen LogP contribution in [-0.2, 0) is 0 Å². The average Bonchev–Trinajstić information content (AvgIpc) is 3.38. The molecule has 7 rings (SSSR count). The zero-order chi connectivity index (χ0) is 17.5. The van der Waals surface area contributed by atoms with Gasteiger partial charge in [0.2, 0.25) is 17.3 Å². The van der Waals surface area contributed by atoms with E-state index in [-0.39, 0.29) is 0 Å². The molecule has 0 saturated carbocycles. The van der Waals surface area contributed by atoms with E-state index >= 15 is 0 Å². The SMILES string of the molecule is c1cnc2c(c1)nc1n3c4cccnc4nc3n3c4cccnc4nc3n21. The Labute approximate surface area is 149 Å². The summed E-state index contributed by atoms with van der Waals surface area (Å²) in [5, 5.41) is 0. The molecule has 0 bridgehead atoms. The van der Waals surface area contributed by atoms with E-state index in [1.165, 1.54) is 0 Å². The molecule has 7 aromatic heterocycles. The zero-order valence-corrected chi connectivity index (χ0v) is 13.7. The maximum atomic E-state index is 4.81. The highest BCUT2D eigenvalue weighted by molar-refractivity contribution is 5.88. The van der Waals surface area contributed by atoms with Crippen LogP contribution in [0.2, 0.25) is 0 Å². The van der Waals surface area contributed by atoms with Gasteiger partial charge in [0, 0.05) is 18.6 Å². The lowest BCUT2D eigenvalue weighted by molar-refractivity contribution is 1.01. The summed E-state index contributed by atoms with van der Waals surface area (Å²) in [4.78, 5) is 27.7. The van der Waals surface area contributed by atoms with E-state index in [0.717, 1.165) is 22.2 Å². The van der Waals surface area contributed by atoms with Crippen molar-refractivity contribution >= 4 is 50.8 Å². The van der Waals surface area contributed by atoms with Crippen LogP contribution in [0.4, 0.5) is 0 Å². The number of pyridine rings is 3. The minimum Gasteiger partial charge on any atom is -0.245 e. The first kappa shape index (κ1) is 13.1. The fourth-order valence-corrected chi connectivity index (χ4v) is 3.73. The number of nitrogens with zero attached hydrogens (tertiary/aromatic N) is 9. The molecule has 0 amide bonds. The van der Waals surface area contributed by atoms with Crippen LogP contribution < -0.4 is 0 Å². The first-order chi connectivity index (χ1) is 13.4. The normalized spacial score (nSPS) is 12.4. The number of imidazole rings is 3. The Hall–Kier alpha value is -4.14. The van der Waals surface area contributed by atoms with Crippen LogP contribution in [-0.4, -0.2) is 43.1 Å². The molecule has 0 aliphatic rings. The largest absolute Gasteiger partial charge is 0.245 e. The predicted molar refractivity (Wildman–Crippen MR) is 98.6 cm³/mol. The summed E-state index contributed by atoms with van der Waals surface area (Å²) in [6.45, 7) is 0. The first-order valence-corrected chi connectivity index (χ1v) is 8.42.